The summed E-state index contributed by atoms with van der Waals surface area (Å²) in [5.74, 6) is 0.886. The highest BCUT2D eigenvalue weighted by Crippen LogP contribution is 2.30. The maximum atomic E-state index is 12.6. The van der Waals surface area contributed by atoms with Crippen LogP contribution in [0.25, 0.3) is 0 Å². The van der Waals surface area contributed by atoms with Crippen LogP contribution in [-0.4, -0.2) is 42.2 Å². The first-order valence-corrected chi connectivity index (χ1v) is 8.50. The number of hydrogen-bond acceptors (Lipinski definition) is 4. The van der Waals surface area contributed by atoms with Gasteiger partial charge in [0.25, 0.3) is 0 Å². The number of likely N-dealkylation sites (tertiary alicyclic amines) is 1. The third-order valence-corrected chi connectivity index (χ3v) is 4.91. The Hall–Kier alpha value is -2.24. The summed E-state index contributed by atoms with van der Waals surface area (Å²) in [6, 6.07) is 12.5. The van der Waals surface area contributed by atoms with Crippen molar-refractivity contribution in [1.29, 1.82) is 0 Å². The van der Waals surface area contributed by atoms with Crippen molar-refractivity contribution in [2.75, 3.05) is 20.2 Å². The molecule has 1 aliphatic rings. The highest BCUT2D eigenvalue weighted by atomic mass is 35.5. The Bertz CT molecular complexity index is 781. The van der Waals surface area contributed by atoms with E-state index in [4.69, 9.17) is 22.1 Å². The van der Waals surface area contributed by atoms with Crippen LogP contribution >= 0.6 is 11.6 Å². The van der Waals surface area contributed by atoms with Crippen LogP contribution in [0, 0.1) is 0 Å². The van der Waals surface area contributed by atoms with Gasteiger partial charge in [0, 0.05) is 25.0 Å². The number of phenols is 1. The molecule has 0 spiro atoms. The first-order valence-electron chi connectivity index (χ1n) is 8.12. The number of nitrogens with two attached hydrogens (primary N) is 1. The van der Waals surface area contributed by atoms with E-state index in [0.717, 1.165) is 16.9 Å². The van der Waals surface area contributed by atoms with Crippen LogP contribution in [0.5, 0.6) is 11.5 Å². The number of phenolic OH excluding ortho intramolecular Hbond substituents is 1. The minimum Gasteiger partial charge on any atom is -0.506 e. The minimum absolute atomic E-state index is 0.00241. The van der Waals surface area contributed by atoms with Crippen LogP contribution in [-0.2, 0) is 11.2 Å². The molecule has 0 radical (unpaired) electrons. The first kappa shape index (κ1) is 17.6. The molecule has 0 aromatic heterocycles. The van der Waals surface area contributed by atoms with Gasteiger partial charge in [-0.2, -0.15) is 0 Å². The Morgan fingerprint density at radius 3 is 2.84 bits per heavy atom. The second kappa shape index (κ2) is 7.33. The molecule has 2 aromatic carbocycles. The fraction of sp³-hybridized carbons (Fsp3) is 0.316. The van der Waals surface area contributed by atoms with E-state index < -0.39 is 0 Å². The van der Waals surface area contributed by atoms with Crippen molar-refractivity contribution < 1.29 is 14.6 Å². The molecule has 0 bridgehead atoms. The first-order chi connectivity index (χ1) is 12.0. The third-order valence-electron chi connectivity index (χ3n) is 4.61. The fourth-order valence-corrected chi connectivity index (χ4v) is 3.41. The lowest BCUT2D eigenvalue weighted by atomic mass is 9.95. The molecule has 3 rings (SSSR count). The Kier molecular flexibility index (Phi) is 5.16. The van der Waals surface area contributed by atoms with Crippen LogP contribution in [0.3, 0.4) is 0 Å². The quantitative estimate of drug-likeness (QED) is 0.878. The zero-order valence-electron chi connectivity index (χ0n) is 14.0. The van der Waals surface area contributed by atoms with Crippen molar-refractivity contribution in [3.63, 3.8) is 0 Å². The lowest BCUT2D eigenvalue weighted by Gasteiger charge is -2.17. The normalized spacial score (nSPS) is 19.9. The predicted octanol–water partition coefficient (Wildman–Crippen LogP) is 2.55. The van der Waals surface area contributed by atoms with Crippen LogP contribution < -0.4 is 10.5 Å². The third kappa shape index (κ3) is 3.89. The summed E-state index contributed by atoms with van der Waals surface area (Å²) in [4.78, 5) is 14.4. The van der Waals surface area contributed by atoms with Gasteiger partial charge in [-0.05, 0) is 35.4 Å². The molecule has 1 heterocycles. The standard InChI is InChI=1S/C19H21ClN2O3/c1-25-14-4-2-3-13(9-14)15-10-22(11-17(15)21)19(24)8-12-5-6-18(23)16(20)7-12/h2-7,9,15,17,23H,8,10-11,21H2,1H3/t15-,17+/m1/s1. The van der Waals surface area contributed by atoms with Crippen LogP contribution in [0.2, 0.25) is 5.02 Å². The van der Waals surface area contributed by atoms with Crippen LogP contribution in [0.15, 0.2) is 42.5 Å². The SMILES string of the molecule is COc1cccc([C@H]2CN(C(=O)Cc3ccc(O)c(Cl)c3)C[C@@H]2N)c1. The van der Waals surface area contributed by atoms with Gasteiger partial charge in [0.2, 0.25) is 5.91 Å². The van der Waals surface area contributed by atoms with Crippen molar-refractivity contribution in [3.8, 4) is 11.5 Å². The summed E-state index contributed by atoms with van der Waals surface area (Å²) in [5.41, 5.74) is 8.13. The smallest absolute Gasteiger partial charge is 0.227 e. The molecular weight excluding hydrogens is 340 g/mol. The largest absolute Gasteiger partial charge is 0.506 e. The molecule has 132 valence electrons. The monoisotopic (exact) mass is 360 g/mol. The van der Waals surface area contributed by atoms with Gasteiger partial charge in [-0.3, -0.25) is 4.79 Å². The number of rotatable bonds is 4. The molecule has 1 fully saturated rings. The Labute approximate surface area is 152 Å². The van der Waals surface area contributed by atoms with Crippen molar-refractivity contribution in [3.05, 3.63) is 58.6 Å². The van der Waals surface area contributed by atoms with E-state index >= 15 is 0 Å². The molecule has 1 aliphatic heterocycles. The number of halogens is 1. The van der Waals surface area contributed by atoms with Gasteiger partial charge in [0.1, 0.15) is 11.5 Å². The predicted molar refractivity (Wildman–Crippen MR) is 97.1 cm³/mol. The number of hydrogen-bond donors (Lipinski definition) is 2. The fourth-order valence-electron chi connectivity index (χ4n) is 3.20. The number of carbonyl (C=O) groups excluding carboxylic acids is 1. The van der Waals surface area contributed by atoms with Gasteiger partial charge in [0.05, 0.1) is 18.6 Å². The lowest BCUT2D eigenvalue weighted by molar-refractivity contribution is -0.129. The number of methoxy groups -OCH3 is 1. The van der Waals surface area contributed by atoms with E-state index in [2.05, 4.69) is 0 Å². The van der Waals surface area contributed by atoms with Crippen molar-refractivity contribution in [2.45, 2.75) is 18.4 Å². The molecule has 2 atom stereocenters. The Balaban J connectivity index is 1.69. The molecule has 5 nitrogen and oxygen atoms in total. The molecule has 6 heteroatoms. The molecule has 3 N–H and O–H groups in total. The number of benzene rings is 2. The average Bonchev–Trinajstić information content (AvgIpc) is 3.00. The van der Waals surface area contributed by atoms with Gasteiger partial charge in [-0.25, -0.2) is 0 Å². The zero-order valence-corrected chi connectivity index (χ0v) is 14.7. The molecular formula is C19H21ClN2O3. The van der Waals surface area contributed by atoms with Crippen molar-refractivity contribution in [1.82, 2.24) is 4.90 Å². The summed E-state index contributed by atoms with van der Waals surface area (Å²) >= 11 is 5.91. The van der Waals surface area contributed by atoms with Gasteiger partial charge in [0.15, 0.2) is 0 Å². The van der Waals surface area contributed by atoms with Gasteiger partial charge in [-0.1, -0.05) is 29.8 Å². The van der Waals surface area contributed by atoms with Gasteiger partial charge in [-0.15, -0.1) is 0 Å². The second-order valence-electron chi connectivity index (χ2n) is 6.31. The lowest BCUT2D eigenvalue weighted by Crippen LogP contribution is -2.33. The molecule has 25 heavy (non-hydrogen) atoms. The van der Waals surface area contributed by atoms with Gasteiger partial charge >= 0.3 is 0 Å². The van der Waals surface area contributed by atoms with Gasteiger partial charge < -0.3 is 20.5 Å². The van der Waals surface area contributed by atoms with E-state index in [-0.39, 0.29) is 35.1 Å². The average molecular weight is 361 g/mol. The maximum absolute atomic E-state index is 12.6. The second-order valence-corrected chi connectivity index (χ2v) is 6.72. The summed E-state index contributed by atoms with van der Waals surface area (Å²) in [6.07, 6.45) is 0.234. The molecule has 2 aromatic rings. The molecule has 0 saturated carbocycles. The highest BCUT2D eigenvalue weighted by molar-refractivity contribution is 6.32. The Morgan fingerprint density at radius 2 is 2.12 bits per heavy atom. The summed E-state index contributed by atoms with van der Waals surface area (Å²) in [7, 11) is 1.63. The van der Waals surface area contributed by atoms with E-state index in [1.54, 1.807) is 24.1 Å². The minimum atomic E-state index is -0.112. The zero-order chi connectivity index (χ0) is 18.0. The van der Waals surface area contributed by atoms with Crippen molar-refractivity contribution in [2.24, 2.45) is 5.73 Å². The molecule has 0 unspecified atom stereocenters. The number of amides is 1. The number of ether oxygens (including phenoxy) is 1. The molecule has 1 saturated heterocycles. The summed E-state index contributed by atoms with van der Waals surface area (Å²) in [5, 5.41) is 9.72. The Morgan fingerprint density at radius 1 is 1.32 bits per heavy atom. The van der Waals surface area contributed by atoms with E-state index in [0.29, 0.717) is 13.1 Å². The van der Waals surface area contributed by atoms with Crippen LogP contribution in [0.1, 0.15) is 17.0 Å². The number of aromatic hydroxyl groups is 1. The number of nitrogens with zero attached hydrogens (tertiary/aromatic N) is 1. The molecule has 1 amide bonds. The number of carbonyl (C=O) groups is 1. The maximum Gasteiger partial charge on any atom is 0.227 e. The summed E-state index contributed by atoms with van der Waals surface area (Å²) in [6.45, 7) is 1.10. The van der Waals surface area contributed by atoms with Crippen molar-refractivity contribution >= 4 is 17.5 Å². The van der Waals surface area contributed by atoms with Crippen LogP contribution in [0.4, 0.5) is 0 Å². The van der Waals surface area contributed by atoms with E-state index in [1.165, 1.54) is 6.07 Å². The summed E-state index contributed by atoms with van der Waals surface area (Å²) < 4.78 is 5.27. The van der Waals surface area contributed by atoms with E-state index in [1.807, 2.05) is 24.3 Å². The highest BCUT2D eigenvalue weighted by Gasteiger charge is 2.33. The molecule has 0 aliphatic carbocycles. The van der Waals surface area contributed by atoms with E-state index in [9.17, 15) is 9.90 Å². The topological polar surface area (TPSA) is 75.8 Å².